The first-order chi connectivity index (χ1) is 22.0. The number of alkyl halides is 6. The molecule has 1 fully saturated rings. The molecule has 2 amide bonds. The predicted octanol–water partition coefficient (Wildman–Crippen LogP) is 7.65. The van der Waals surface area contributed by atoms with Crippen LogP contribution in [0.2, 0.25) is 0 Å². The molecule has 47 heavy (non-hydrogen) atoms. The summed E-state index contributed by atoms with van der Waals surface area (Å²) in [5, 5.41) is 0. The molecular formula is C34H33F8N3O2. The van der Waals surface area contributed by atoms with Crippen LogP contribution in [0.4, 0.5) is 40.8 Å². The number of halogens is 8. The number of hydrogen-bond acceptors (Lipinski definition) is 3. The Bertz CT molecular complexity index is 1610. The highest BCUT2D eigenvalue weighted by atomic mass is 19.4. The highest BCUT2D eigenvalue weighted by Gasteiger charge is 2.45. The van der Waals surface area contributed by atoms with E-state index in [1.165, 1.54) is 20.0 Å². The lowest BCUT2D eigenvalue weighted by Crippen LogP contribution is -2.46. The Balaban J connectivity index is 1.32. The van der Waals surface area contributed by atoms with Crippen LogP contribution in [0.5, 0.6) is 0 Å². The Morgan fingerprint density at radius 2 is 1.49 bits per heavy atom. The number of para-hydroxylation sites is 1. The zero-order chi connectivity index (χ0) is 34.3. The standard InChI is InChI=1S/C34H33F8N3O2/c1-21(46)45-20-32(27-5-3-4-6-30(27)45)10-13-44(14-11-32)12-9-23(22-7-8-28(35)29(36)17-22)19-43(2)31(47)24-15-25(33(37,38)39)18-26(16-24)34(40,41)42/h3-8,15-18,23H,9-14,19-20H2,1-2H3. The summed E-state index contributed by atoms with van der Waals surface area (Å²) < 4.78 is 109. The van der Waals surface area contributed by atoms with Gasteiger partial charge in [0.05, 0.1) is 11.1 Å². The molecule has 0 bridgehead atoms. The van der Waals surface area contributed by atoms with E-state index in [0.717, 1.165) is 41.1 Å². The van der Waals surface area contributed by atoms with E-state index in [1.54, 1.807) is 4.90 Å². The summed E-state index contributed by atoms with van der Waals surface area (Å²) in [6.07, 6.45) is -8.39. The van der Waals surface area contributed by atoms with Crippen LogP contribution in [0.3, 0.4) is 0 Å². The minimum atomic E-state index is -5.12. The van der Waals surface area contributed by atoms with E-state index in [0.29, 0.717) is 50.3 Å². The largest absolute Gasteiger partial charge is 0.416 e. The quantitative estimate of drug-likeness (QED) is 0.243. The van der Waals surface area contributed by atoms with E-state index < -0.39 is 52.5 Å². The number of amides is 2. The van der Waals surface area contributed by atoms with Gasteiger partial charge < -0.3 is 14.7 Å². The van der Waals surface area contributed by atoms with Gasteiger partial charge >= 0.3 is 12.4 Å². The third kappa shape index (κ3) is 7.29. The number of benzene rings is 3. The molecule has 0 aliphatic carbocycles. The maximum absolute atomic E-state index is 14.3. The highest BCUT2D eigenvalue weighted by Crippen LogP contribution is 2.47. The van der Waals surface area contributed by atoms with Gasteiger partial charge in [0.2, 0.25) is 5.91 Å². The van der Waals surface area contributed by atoms with Gasteiger partial charge in [0.1, 0.15) is 0 Å². The molecule has 1 spiro atoms. The fraction of sp³-hybridized carbons (Fsp3) is 0.412. The van der Waals surface area contributed by atoms with Crippen molar-refractivity contribution in [3.63, 3.8) is 0 Å². The lowest BCUT2D eigenvalue weighted by atomic mass is 9.74. The van der Waals surface area contributed by atoms with Gasteiger partial charge in [-0.3, -0.25) is 9.59 Å². The summed E-state index contributed by atoms with van der Waals surface area (Å²) in [7, 11) is 1.24. The summed E-state index contributed by atoms with van der Waals surface area (Å²) >= 11 is 0. The van der Waals surface area contributed by atoms with Crippen molar-refractivity contribution in [3.05, 3.63) is 100 Å². The maximum Gasteiger partial charge on any atom is 0.416 e. The molecule has 3 aromatic carbocycles. The summed E-state index contributed by atoms with van der Waals surface area (Å²) in [6, 6.07) is 11.8. The number of likely N-dealkylation sites (tertiary alicyclic amines) is 1. The van der Waals surface area contributed by atoms with Gasteiger partial charge in [-0.05, 0) is 86.4 Å². The van der Waals surface area contributed by atoms with Crippen molar-refractivity contribution in [1.29, 1.82) is 0 Å². The second-order valence-corrected chi connectivity index (χ2v) is 12.4. The Labute approximate surface area is 266 Å². The fourth-order valence-electron chi connectivity index (χ4n) is 6.72. The molecule has 2 heterocycles. The van der Waals surface area contributed by atoms with Crippen molar-refractivity contribution in [2.24, 2.45) is 0 Å². The number of hydrogen-bond donors (Lipinski definition) is 0. The first kappa shape index (κ1) is 34.3. The van der Waals surface area contributed by atoms with Crippen molar-refractivity contribution >= 4 is 17.5 Å². The molecule has 0 aromatic heterocycles. The van der Waals surface area contributed by atoms with Crippen LogP contribution < -0.4 is 4.90 Å². The number of carbonyl (C=O) groups is 2. The monoisotopic (exact) mass is 667 g/mol. The van der Waals surface area contributed by atoms with Crippen molar-refractivity contribution in [2.75, 3.05) is 44.7 Å². The van der Waals surface area contributed by atoms with E-state index in [9.17, 15) is 44.7 Å². The van der Waals surface area contributed by atoms with Gasteiger partial charge in [-0.25, -0.2) is 8.78 Å². The number of nitrogens with zero attached hydrogens (tertiary/aromatic N) is 3. The Morgan fingerprint density at radius 3 is 2.06 bits per heavy atom. The van der Waals surface area contributed by atoms with Gasteiger partial charge in [-0.15, -0.1) is 0 Å². The summed E-state index contributed by atoms with van der Waals surface area (Å²) in [5.74, 6) is -3.95. The van der Waals surface area contributed by atoms with Gasteiger partial charge in [-0.2, -0.15) is 26.3 Å². The van der Waals surface area contributed by atoms with Crippen LogP contribution in [0.25, 0.3) is 0 Å². The summed E-state index contributed by atoms with van der Waals surface area (Å²) in [5.41, 5.74) is -1.86. The number of carbonyl (C=O) groups excluding carboxylic acids is 2. The molecule has 13 heteroatoms. The lowest BCUT2D eigenvalue weighted by molar-refractivity contribution is -0.143. The van der Waals surface area contributed by atoms with Crippen molar-refractivity contribution < 1.29 is 44.7 Å². The van der Waals surface area contributed by atoms with E-state index >= 15 is 0 Å². The van der Waals surface area contributed by atoms with Crippen LogP contribution in [0, 0.1) is 11.6 Å². The lowest BCUT2D eigenvalue weighted by Gasteiger charge is -2.40. The second kappa shape index (κ2) is 12.9. The van der Waals surface area contributed by atoms with E-state index in [-0.39, 0.29) is 23.9 Å². The van der Waals surface area contributed by atoms with E-state index in [4.69, 9.17) is 0 Å². The number of fused-ring (bicyclic) bond motifs is 2. The predicted molar refractivity (Wildman–Crippen MR) is 159 cm³/mol. The number of rotatable bonds is 7. The molecule has 252 valence electrons. The number of anilines is 1. The minimum Gasteiger partial charge on any atom is -0.341 e. The van der Waals surface area contributed by atoms with Crippen LogP contribution in [0.15, 0.2) is 60.7 Å². The van der Waals surface area contributed by atoms with Gasteiger partial charge in [-0.1, -0.05) is 24.3 Å². The molecule has 5 rings (SSSR count). The van der Waals surface area contributed by atoms with Crippen molar-refractivity contribution in [2.45, 2.75) is 49.9 Å². The Morgan fingerprint density at radius 1 is 0.872 bits per heavy atom. The zero-order valence-electron chi connectivity index (χ0n) is 25.7. The third-order valence-corrected chi connectivity index (χ3v) is 9.30. The molecular weight excluding hydrogens is 634 g/mol. The molecule has 3 aromatic rings. The zero-order valence-corrected chi connectivity index (χ0v) is 25.7. The molecule has 1 saturated heterocycles. The first-order valence-corrected chi connectivity index (χ1v) is 15.1. The van der Waals surface area contributed by atoms with Crippen molar-refractivity contribution in [3.8, 4) is 0 Å². The molecule has 0 radical (unpaired) electrons. The molecule has 1 atom stereocenters. The van der Waals surface area contributed by atoms with E-state index in [2.05, 4.69) is 4.90 Å². The first-order valence-electron chi connectivity index (χ1n) is 15.1. The van der Waals surface area contributed by atoms with Gasteiger partial charge in [0.25, 0.3) is 5.91 Å². The topological polar surface area (TPSA) is 43.9 Å². The fourth-order valence-corrected chi connectivity index (χ4v) is 6.72. The van der Waals surface area contributed by atoms with Crippen LogP contribution in [0.1, 0.15) is 64.7 Å². The Kier molecular flexibility index (Phi) is 9.42. The smallest absolute Gasteiger partial charge is 0.341 e. The van der Waals surface area contributed by atoms with Gasteiger partial charge in [0.15, 0.2) is 11.6 Å². The average Bonchev–Trinajstić information content (AvgIpc) is 3.34. The molecule has 2 aliphatic rings. The number of piperidine rings is 1. The molecule has 2 aliphatic heterocycles. The van der Waals surface area contributed by atoms with Gasteiger partial charge in [0, 0.05) is 49.6 Å². The second-order valence-electron chi connectivity index (χ2n) is 12.4. The number of likely N-dealkylation sites (N-methyl/N-ethyl adjacent to an activating group) is 1. The van der Waals surface area contributed by atoms with Crippen LogP contribution >= 0.6 is 0 Å². The minimum absolute atomic E-state index is 0.0374. The van der Waals surface area contributed by atoms with E-state index in [1.807, 2.05) is 24.3 Å². The highest BCUT2D eigenvalue weighted by molar-refractivity contribution is 5.95. The SMILES string of the molecule is CC(=O)N1CC2(CCN(CCC(CN(C)C(=O)c3cc(C(F)(F)F)cc(C(F)(F)F)c3)c3ccc(F)c(F)c3)CC2)c2ccccc21. The maximum atomic E-state index is 14.3. The summed E-state index contributed by atoms with van der Waals surface area (Å²) in [6.45, 7) is 3.74. The third-order valence-electron chi connectivity index (χ3n) is 9.30. The molecule has 0 N–H and O–H groups in total. The van der Waals surface area contributed by atoms with Crippen LogP contribution in [-0.4, -0.2) is 61.4 Å². The molecule has 5 nitrogen and oxygen atoms in total. The van der Waals surface area contributed by atoms with Crippen LogP contribution in [-0.2, 0) is 22.6 Å². The average molecular weight is 668 g/mol. The van der Waals surface area contributed by atoms with Crippen molar-refractivity contribution in [1.82, 2.24) is 9.80 Å². The molecule has 1 unspecified atom stereocenters. The molecule has 0 saturated carbocycles. The summed E-state index contributed by atoms with van der Waals surface area (Å²) in [4.78, 5) is 30.5. The normalized spacial score (nSPS) is 17.1. The Hall–Kier alpha value is -4.00.